The van der Waals surface area contributed by atoms with Gasteiger partial charge in [-0.3, -0.25) is 4.79 Å². The molecular formula is C14H20N2O4S. The Balaban J connectivity index is 2.37. The summed E-state index contributed by atoms with van der Waals surface area (Å²) in [6.45, 7) is 3.25. The summed E-state index contributed by atoms with van der Waals surface area (Å²) >= 11 is 0. The molecule has 1 aliphatic heterocycles. The molecule has 1 heterocycles. The van der Waals surface area contributed by atoms with Crippen LogP contribution in [0.25, 0.3) is 0 Å². The molecule has 1 aromatic carbocycles. The third-order valence-electron chi connectivity index (χ3n) is 3.44. The van der Waals surface area contributed by atoms with Crippen molar-refractivity contribution >= 4 is 15.9 Å². The van der Waals surface area contributed by atoms with Gasteiger partial charge >= 0.3 is 0 Å². The van der Waals surface area contributed by atoms with Gasteiger partial charge in [-0.2, -0.15) is 0 Å². The Morgan fingerprint density at radius 2 is 2.05 bits per heavy atom. The first-order chi connectivity index (χ1) is 9.84. The zero-order valence-corrected chi connectivity index (χ0v) is 13.3. The van der Waals surface area contributed by atoms with E-state index in [0.29, 0.717) is 24.3 Å². The second-order valence-electron chi connectivity index (χ2n) is 5.23. The van der Waals surface area contributed by atoms with Gasteiger partial charge in [-0.1, -0.05) is 6.07 Å². The lowest BCUT2D eigenvalue weighted by atomic mass is 10.1. The molecule has 0 saturated carbocycles. The predicted molar refractivity (Wildman–Crippen MR) is 78.5 cm³/mol. The highest BCUT2D eigenvalue weighted by atomic mass is 32.2. The van der Waals surface area contributed by atoms with E-state index in [-0.39, 0.29) is 17.5 Å². The van der Waals surface area contributed by atoms with Crippen LogP contribution in [-0.4, -0.2) is 57.5 Å². The van der Waals surface area contributed by atoms with E-state index in [0.717, 1.165) is 10.7 Å². The van der Waals surface area contributed by atoms with Gasteiger partial charge < -0.3 is 9.64 Å². The molecule has 1 aromatic rings. The summed E-state index contributed by atoms with van der Waals surface area (Å²) in [4.78, 5) is 14.1. The molecular weight excluding hydrogens is 292 g/mol. The average molecular weight is 312 g/mol. The molecule has 0 unspecified atom stereocenters. The second-order valence-corrected chi connectivity index (χ2v) is 7.35. The van der Waals surface area contributed by atoms with Crippen LogP contribution < -0.4 is 0 Å². The quantitative estimate of drug-likeness (QED) is 0.837. The van der Waals surface area contributed by atoms with Crippen molar-refractivity contribution in [1.29, 1.82) is 0 Å². The van der Waals surface area contributed by atoms with Gasteiger partial charge in [0.2, 0.25) is 10.0 Å². The van der Waals surface area contributed by atoms with Crippen molar-refractivity contribution in [3.63, 3.8) is 0 Å². The van der Waals surface area contributed by atoms with Crippen LogP contribution in [0.15, 0.2) is 23.1 Å². The molecule has 0 N–H and O–H groups in total. The van der Waals surface area contributed by atoms with E-state index in [2.05, 4.69) is 0 Å². The number of aryl methyl sites for hydroxylation is 1. The Kier molecular flexibility index (Phi) is 4.65. The van der Waals surface area contributed by atoms with Crippen molar-refractivity contribution in [3.05, 3.63) is 29.3 Å². The van der Waals surface area contributed by atoms with Crippen molar-refractivity contribution < 1.29 is 17.9 Å². The van der Waals surface area contributed by atoms with Gasteiger partial charge in [-0.25, -0.2) is 12.7 Å². The zero-order valence-electron chi connectivity index (χ0n) is 12.5. The van der Waals surface area contributed by atoms with Crippen molar-refractivity contribution in [1.82, 2.24) is 9.21 Å². The first-order valence-electron chi connectivity index (χ1n) is 6.74. The lowest BCUT2D eigenvalue weighted by Gasteiger charge is -2.27. The van der Waals surface area contributed by atoms with E-state index in [4.69, 9.17) is 4.74 Å². The number of hydrogen-bond donors (Lipinski definition) is 0. The van der Waals surface area contributed by atoms with E-state index in [1.807, 2.05) is 0 Å². The molecule has 1 saturated heterocycles. The Morgan fingerprint density at radius 3 is 2.62 bits per heavy atom. The third kappa shape index (κ3) is 3.25. The maximum absolute atomic E-state index is 12.4. The standard InChI is InChI=1S/C14H20N2O4S/c1-11-5-6-12(9-13(11)21(18,19)15(2)3)14(17)16-7-4-8-20-10-16/h5-6,9H,4,7-8,10H2,1-3H3. The summed E-state index contributed by atoms with van der Waals surface area (Å²) in [5.74, 6) is -0.204. The number of carbonyl (C=O) groups excluding carboxylic acids is 1. The van der Waals surface area contributed by atoms with Crippen LogP contribution in [0.4, 0.5) is 0 Å². The molecule has 0 atom stereocenters. The highest BCUT2D eigenvalue weighted by Gasteiger charge is 2.24. The molecule has 21 heavy (non-hydrogen) atoms. The summed E-state index contributed by atoms with van der Waals surface area (Å²) in [6.07, 6.45) is 0.792. The van der Waals surface area contributed by atoms with Crippen LogP contribution >= 0.6 is 0 Å². The number of amides is 1. The fourth-order valence-corrected chi connectivity index (χ4v) is 3.29. The predicted octanol–water partition coefficient (Wildman–Crippen LogP) is 1.07. The average Bonchev–Trinajstić information content (AvgIpc) is 2.47. The van der Waals surface area contributed by atoms with Crippen LogP contribution in [0.3, 0.4) is 0 Å². The van der Waals surface area contributed by atoms with Gasteiger partial charge in [-0.05, 0) is 31.0 Å². The van der Waals surface area contributed by atoms with Crippen LogP contribution in [0.1, 0.15) is 22.3 Å². The van der Waals surface area contributed by atoms with E-state index in [9.17, 15) is 13.2 Å². The number of nitrogens with zero attached hydrogens (tertiary/aromatic N) is 2. The number of ether oxygens (including phenoxy) is 1. The minimum absolute atomic E-state index is 0.163. The molecule has 0 aliphatic carbocycles. The van der Waals surface area contributed by atoms with Crippen molar-refractivity contribution in [2.24, 2.45) is 0 Å². The molecule has 2 rings (SSSR count). The molecule has 0 bridgehead atoms. The first kappa shape index (κ1) is 15.9. The van der Waals surface area contributed by atoms with Crippen LogP contribution in [0.2, 0.25) is 0 Å². The Bertz CT molecular complexity index is 634. The molecule has 1 fully saturated rings. The van der Waals surface area contributed by atoms with E-state index in [1.54, 1.807) is 24.0 Å². The fraction of sp³-hybridized carbons (Fsp3) is 0.500. The SMILES string of the molecule is Cc1ccc(C(=O)N2CCCOC2)cc1S(=O)(=O)N(C)C. The number of rotatable bonds is 3. The van der Waals surface area contributed by atoms with Gasteiger partial charge in [-0.15, -0.1) is 0 Å². The Hall–Kier alpha value is -1.44. The van der Waals surface area contributed by atoms with Gasteiger partial charge in [0.05, 0.1) is 11.5 Å². The molecule has 0 radical (unpaired) electrons. The minimum atomic E-state index is -3.56. The molecule has 1 aliphatic rings. The number of sulfonamides is 1. The van der Waals surface area contributed by atoms with Crippen LogP contribution in [0.5, 0.6) is 0 Å². The van der Waals surface area contributed by atoms with Crippen molar-refractivity contribution in [3.8, 4) is 0 Å². The normalized spacial score (nSPS) is 16.3. The van der Waals surface area contributed by atoms with E-state index < -0.39 is 10.0 Å². The lowest BCUT2D eigenvalue weighted by molar-refractivity contribution is -0.00572. The number of carbonyl (C=O) groups is 1. The zero-order chi connectivity index (χ0) is 15.6. The van der Waals surface area contributed by atoms with Crippen LogP contribution in [-0.2, 0) is 14.8 Å². The Labute approximate surface area is 125 Å². The van der Waals surface area contributed by atoms with E-state index in [1.165, 1.54) is 20.2 Å². The molecule has 7 heteroatoms. The molecule has 0 aromatic heterocycles. The Morgan fingerprint density at radius 1 is 1.33 bits per heavy atom. The first-order valence-corrected chi connectivity index (χ1v) is 8.18. The van der Waals surface area contributed by atoms with Crippen LogP contribution in [0, 0.1) is 6.92 Å². The molecule has 0 spiro atoms. The highest BCUT2D eigenvalue weighted by Crippen LogP contribution is 2.21. The molecule has 116 valence electrons. The van der Waals surface area contributed by atoms with Gasteiger partial charge in [0.1, 0.15) is 6.73 Å². The van der Waals surface area contributed by atoms with E-state index >= 15 is 0 Å². The van der Waals surface area contributed by atoms with Gasteiger partial charge in [0.15, 0.2) is 0 Å². The fourth-order valence-electron chi connectivity index (χ4n) is 2.15. The van der Waals surface area contributed by atoms with Crippen molar-refractivity contribution in [2.75, 3.05) is 34.0 Å². The summed E-state index contributed by atoms with van der Waals surface area (Å²) in [5.41, 5.74) is 0.988. The second kappa shape index (κ2) is 6.13. The lowest BCUT2D eigenvalue weighted by Crippen LogP contribution is -2.38. The summed E-state index contributed by atoms with van der Waals surface area (Å²) in [7, 11) is -0.615. The topological polar surface area (TPSA) is 66.9 Å². The smallest absolute Gasteiger partial charge is 0.255 e. The minimum Gasteiger partial charge on any atom is -0.361 e. The third-order valence-corrected chi connectivity index (χ3v) is 5.40. The number of benzene rings is 1. The summed E-state index contributed by atoms with van der Waals surface area (Å²) in [6, 6.07) is 4.76. The maximum Gasteiger partial charge on any atom is 0.255 e. The van der Waals surface area contributed by atoms with Gasteiger partial charge in [0.25, 0.3) is 5.91 Å². The maximum atomic E-state index is 12.4. The largest absolute Gasteiger partial charge is 0.361 e. The van der Waals surface area contributed by atoms with Crippen molar-refractivity contribution in [2.45, 2.75) is 18.2 Å². The monoisotopic (exact) mass is 312 g/mol. The number of hydrogen-bond acceptors (Lipinski definition) is 4. The molecule has 6 nitrogen and oxygen atoms in total. The summed E-state index contributed by atoms with van der Waals surface area (Å²) in [5, 5.41) is 0. The summed E-state index contributed by atoms with van der Waals surface area (Å²) < 4.78 is 31.0. The van der Waals surface area contributed by atoms with Gasteiger partial charge in [0, 0.05) is 26.2 Å². The highest BCUT2D eigenvalue weighted by molar-refractivity contribution is 7.89. The molecule has 1 amide bonds.